The minimum Gasteiger partial charge on any atom is -0.510 e. The number of nitrogens with zero attached hydrogens (tertiary/aromatic N) is 1. The van der Waals surface area contributed by atoms with Crippen molar-refractivity contribution in [3.63, 3.8) is 0 Å². The van der Waals surface area contributed by atoms with Crippen LogP contribution in [0.1, 0.15) is 6.42 Å². The lowest BCUT2D eigenvalue weighted by Gasteiger charge is -2.05. The van der Waals surface area contributed by atoms with Crippen molar-refractivity contribution in [3.8, 4) is 6.07 Å². The van der Waals surface area contributed by atoms with Gasteiger partial charge in [0.15, 0.2) is 17.2 Å². The maximum atomic E-state index is 12.9. The predicted octanol–water partition coefficient (Wildman–Crippen LogP) is 2.82. The minimum atomic E-state index is -1.13. The van der Waals surface area contributed by atoms with Crippen LogP contribution in [0.25, 0.3) is 0 Å². The summed E-state index contributed by atoms with van der Waals surface area (Å²) in [4.78, 5) is 11.7. The first-order chi connectivity index (χ1) is 8.99. The fourth-order valence-electron chi connectivity index (χ4n) is 1.25. The monoisotopic (exact) mass is 264 g/mol. The van der Waals surface area contributed by atoms with Gasteiger partial charge in [0.2, 0.25) is 0 Å². The molecule has 0 unspecified atom stereocenters. The number of aliphatic hydroxyl groups excluding tert-OH is 1. The molecule has 0 aromatic heterocycles. The number of aliphatic hydroxyl groups is 1. The fourth-order valence-corrected chi connectivity index (χ4v) is 1.25. The molecule has 0 radical (unpaired) electrons. The predicted molar refractivity (Wildman–Crippen MR) is 65.1 cm³/mol. The highest BCUT2D eigenvalue weighted by atomic mass is 19.2. The molecule has 0 saturated heterocycles. The Morgan fingerprint density at radius 3 is 2.68 bits per heavy atom. The molecule has 6 heteroatoms. The topological polar surface area (TPSA) is 73.1 Å². The van der Waals surface area contributed by atoms with E-state index in [1.54, 1.807) is 0 Å². The van der Waals surface area contributed by atoms with Crippen molar-refractivity contribution < 1.29 is 18.7 Å². The van der Waals surface area contributed by atoms with Gasteiger partial charge in [-0.15, -0.1) is 6.58 Å². The first kappa shape index (κ1) is 14.4. The Labute approximate surface area is 108 Å². The van der Waals surface area contributed by atoms with Crippen LogP contribution in [0.4, 0.5) is 14.5 Å². The van der Waals surface area contributed by atoms with Gasteiger partial charge in [0, 0.05) is 18.2 Å². The van der Waals surface area contributed by atoms with Gasteiger partial charge in [-0.3, -0.25) is 4.79 Å². The first-order valence-electron chi connectivity index (χ1n) is 5.19. The molecule has 0 aliphatic carbocycles. The molecule has 19 heavy (non-hydrogen) atoms. The van der Waals surface area contributed by atoms with Crippen LogP contribution in [0, 0.1) is 23.0 Å². The number of carbonyl (C=O) groups is 1. The van der Waals surface area contributed by atoms with Crippen molar-refractivity contribution in [3.05, 3.63) is 53.8 Å². The van der Waals surface area contributed by atoms with Crippen LogP contribution in [0.3, 0.4) is 0 Å². The SMILES string of the molecule is C=CC/C(O)=C(\C#N)C(=O)Nc1ccc(F)c(F)c1. The molecule has 0 heterocycles. The van der Waals surface area contributed by atoms with E-state index >= 15 is 0 Å². The largest absolute Gasteiger partial charge is 0.510 e. The highest BCUT2D eigenvalue weighted by Crippen LogP contribution is 2.15. The molecule has 98 valence electrons. The molecule has 4 nitrogen and oxygen atoms in total. The third kappa shape index (κ3) is 3.64. The standard InChI is InChI=1S/C13H10F2N2O2/c1-2-3-12(18)9(7-16)13(19)17-8-4-5-10(14)11(15)6-8/h2,4-6,18H,1,3H2,(H,17,19)/b12-9-. The molecular weight excluding hydrogens is 254 g/mol. The van der Waals surface area contributed by atoms with E-state index in [0.717, 1.165) is 18.2 Å². The number of anilines is 1. The van der Waals surface area contributed by atoms with Gasteiger partial charge in [0.05, 0.1) is 0 Å². The van der Waals surface area contributed by atoms with E-state index in [1.807, 2.05) is 0 Å². The maximum Gasteiger partial charge on any atom is 0.269 e. The Hall–Kier alpha value is -2.68. The number of rotatable bonds is 4. The van der Waals surface area contributed by atoms with E-state index in [1.165, 1.54) is 12.1 Å². The van der Waals surface area contributed by atoms with Crippen molar-refractivity contribution in [2.45, 2.75) is 6.42 Å². The Kier molecular flexibility index (Phi) is 4.77. The summed E-state index contributed by atoms with van der Waals surface area (Å²) in [5.74, 6) is -3.54. The molecule has 1 amide bonds. The number of nitriles is 1. The summed E-state index contributed by atoms with van der Waals surface area (Å²) in [6.07, 6.45) is 1.27. The zero-order chi connectivity index (χ0) is 14.4. The van der Waals surface area contributed by atoms with Gasteiger partial charge < -0.3 is 10.4 Å². The second-order valence-corrected chi connectivity index (χ2v) is 3.51. The summed E-state index contributed by atoms with van der Waals surface area (Å²) in [6, 6.07) is 4.28. The molecule has 0 spiro atoms. The summed E-state index contributed by atoms with van der Waals surface area (Å²) < 4.78 is 25.6. The highest BCUT2D eigenvalue weighted by Gasteiger charge is 2.15. The lowest BCUT2D eigenvalue weighted by molar-refractivity contribution is -0.112. The normalized spacial score (nSPS) is 11.2. The number of hydrogen-bond acceptors (Lipinski definition) is 3. The number of benzene rings is 1. The molecule has 0 aliphatic heterocycles. The minimum absolute atomic E-state index is 0.0250. The summed E-state index contributed by atoms with van der Waals surface area (Å²) >= 11 is 0. The number of hydrogen-bond donors (Lipinski definition) is 2. The molecule has 1 aromatic rings. The van der Waals surface area contributed by atoms with Gasteiger partial charge >= 0.3 is 0 Å². The first-order valence-corrected chi connectivity index (χ1v) is 5.19. The second-order valence-electron chi connectivity index (χ2n) is 3.51. The molecule has 0 atom stereocenters. The van der Waals surface area contributed by atoms with Crippen LogP contribution >= 0.6 is 0 Å². The summed E-state index contributed by atoms with van der Waals surface area (Å²) in [6.45, 7) is 3.36. The quantitative estimate of drug-likeness (QED) is 0.380. The third-order valence-corrected chi connectivity index (χ3v) is 2.14. The van der Waals surface area contributed by atoms with Crippen molar-refractivity contribution in [1.29, 1.82) is 5.26 Å². The molecule has 1 aromatic carbocycles. The Balaban J connectivity index is 2.95. The van der Waals surface area contributed by atoms with Crippen LogP contribution in [0.2, 0.25) is 0 Å². The van der Waals surface area contributed by atoms with Gasteiger partial charge in [-0.25, -0.2) is 8.78 Å². The van der Waals surface area contributed by atoms with E-state index in [9.17, 15) is 18.7 Å². The number of halogens is 2. The van der Waals surface area contributed by atoms with Gasteiger partial charge in [-0.05, 0) is 12.1 Å². The lowest BCUT2D eigenvalue weighted by Crippen LogP contribution is -2.15. The number of amides is 1. The van der Waals surface area contributed by atoms with E-state index in [4.69, 9.17) is 5.26 Å². The van der Waals surface area contributed by atoms with E-state index < -0.39 is 28.9 Å². The Bertz CT molecular complexity index is 589. The highest BCUT2D eigenvalue weighted by molar-refractivity contribution is 6.06. The number of allylic oxidation sites excluding steroid dienone is 1. The Morgan fingerprint density at radius 2 is 2.16 bits per heavy atom. The van der Waals surface area contributed by atoms with E-state index in [2.05, 4.69) is 11.9 Å². The molecule has 0 bridgehead atoms. The zero-order valence-electron chi connectivity index (χ0n) is 9.78. The van der Waals surface area contributed by atoms with Gasteiger partial charge in [0.1, 0.15) is 11.8 Å². The molecule has 0 aliphatic rings. The van der Waals surface area contributed by atoms with E-state index in [-0.39, 0.29) is 12.1 Å². The maximum absolute atomic E-state index is 12.9. The van der Waals surface area contributed by atoms with Crippen LogP contribution in [-0.4, -0.2) is 11.0 Å². The lowest BCUT2D eigenvalue weighted by atomic mass is 10.2. The molecule has 0 fully saturated rings. The second kappa shape index (κ2) is 6.31. The summed E-state index contributed by atoms with van der Waals surface area (Å²) in [5.41, 5.74) is -0.535. The molecular formula is C13H10F2N2O2. The average Bonchev–Trinajstić information content (AvgIpc) is 2.35. The van der Waals surface area contributed by atoms with Crippen LogP contribution in [0.15, 0.2) is 42.2 Å². The third-order valence-electron chi connectivity index (χ3n) is 2.14. The van der Waals surface area contributed by atoms with Gasteiger partial charge in [-0.2, -0.15) is 5.26 Å². The van der Waals surface area contributed by atoms with Crippen LogP contribution in [0.5, 0.6) is 0 Å². The van der Waals surface area contributed by atoms with Crippen molar-refractivity contribution in [2.75, 3.05) is 5.32 Å². The molecule has 1 rings (SSSR count). The van der Waals surface area contributed by atoms with Gasteiger partial charge in [-0.1, -0.05) is 6.08 Å². The molecule has 0 saturated carbocycles. The average molecular weight is 264 g/mol. The number of carbonyl (C=O) groups excluding carboxylic acids is 1. The zero-order valence-corrected chi connectivity index (χ0v) is 9.78. The number of nitrogens with one attached hydrogen (secondary N) is 1. The van der Waals surface area contributed by atoms with Crippen molar-refractivity contribution in [2.24, 2.45) is 0 Å². The van der Waals surface area contributed by atoms with E-state index in [0.29, 0.717) is 0 Å². The smallest absolute Gasteiger partial charge is 0.269 e. The van der Waals surface area contributed by atoms with Gasteiger partial charge in [0.25, 0.3) is 5.91 Å². The van der Waals surface area contributed by atoms with Crippen LogP contribution in [-0.2, 0) is 4.79 Å². The fraction of sp³-hybridized carbons (Fsp3) is 0.0769. The van der Waals surface area contributed by atoms with Crippen molar-refractivity contribution in [1.82, 2.24) is 0 Å². The Morgan fingerprint density at radius 1 is 1.47 bits per heavy atom. The molecule has 2 N–H and O–H groups in total. The summed E-state index contributed by atoms with van der Waals surface area (Å²) in [7, 11) is 0. The summed E-state index contributed by atoms with van der Waals surface area (Å²) in [5, 5.41) is 20.4. The van der Waals surface area contributed by atoms with Crippen molar-refractivity contribution >= 4 is 11.6 Å². The van der Waals surface area contributed by atoms with Crippen LogP contribution < -0.4 is 5.32 Å².